The lowest BCUT2D eigenvalue weighted by atomic mass is 10.1. The summed E-state index contributed by atoms with van der Waals surface area (Å²) in [4.78, 5) is 10.8. The monoisotopic (exact) mass is 188 g/mol. The third-order valence-corrected chi connectivity index (χ3v) is 2.09. The minimum atomic E-state index is -0.389. The molecule has 0 saturated carbocycles. The molecule has 0 aliphatic carbocycles. The van der Waals surface area contributed by atoms with E-state index in [1.165, 1.54) is 0 Å². The van der Waals surface area contributed by atoms with Gasteiger partial charge < -0.3 is 10.1 Å². The fraction of sp³-hybridized carbons (Fsp3) is 0.200. The van der Waals surface area contributed by atoms with Crippen molar-refractivity contribution in [3.8, 4) is 6.07 Å². The van der Waals surface area contributed by atoms with Crippen LogP contribution in [0.1, 0.15) is 17.2 Å². The Morgan fingerprint density at radius 1 is 1.43 bits per heavy atom. The van der Waals surface area contributed by atoms with Gasteiger partial charge in [0.15, 0.2) is 0 Å². The van der Waals surface area contributed by atoms with Crippen molar-refractivity contribution < 1.29 is 9.53 Å². The first-order valence-electron chi connectivity index (χ1n) is 4.24. The highest BCUT2D eigenvalue weighted by atomic mass is 16.6. The minimum absolute atomic E-state index is 0.227. The van der Waals surface area contributed by atoms with Crippen LogP contribution in [0.2, 0.25) is 0 Å². The van der Waals surface area contributed by atoms with Crippen LogP contribution in [0.15, 0.2) is 24.3 Å². The number of carbonyl (C=O) groups excluding carboxylic acids is 1. The molecule has 2 rings (SSSR count). The number of benzene rings is 1. The molecule has 1 N–H and O–H groups in total. The second-order valence-corrected chi connectivity index (χ2v) is 3.01. The van der Waals surface area contributed by atoms with Crippen molar-refractivity contribution in [3.63, 3.8) is 0 Å². The van der Waals surface area contributed by atoms with E-state index < -0.39 is 0 Å². The first-order valence-corrected chi connectivity index (χ1v) is 4.24. The lowest BCUT2D eigenvalue weighted by Gasteiger charge is -2.06. The Labute approximate surface area is 81.1 Å². The molecule has 1 aliphatic rings. The SMILES string of the molecule is N#Cc1ccc(C2CNC(=O)O2)cc1. The van der Waals surface area contributed by atoms with E-state index in [-0.39, 0.29) is 12.2 Å². The zero-order valence-corrected chi connectivity index (χ0v) is 7.36. The van der Waals surface area contributed by atoms with Crippen molar-refractivity contribution in [1.82, 2.24) is 5.32 Å². The molecule has 0 spiro atoms. The number of carbonyl (C=O) groups is 1. The van der Waals surface area contributed by atoms with E-state index in [1.807, 2.05) is 6.07 Å². The molecule has 1 aromatic rings. The van der Waals surface area contributed by atoms with Gasteiger partial charge in [0.25, 0.3) is 0 Å². The highest BCUT2D eigenvalue weighted by Gasteiger charge is 2.23. The van der Waals surface area contributed by atoms with Gasteiger partial charge >= 0.3 is 6.09 Å². The number of hydrogen-bond donors (Lipinski definition) is 1. The average Bonchev–Trinajstić information content (AvgIpc) is 2.65. The Balaban J connectivity index is 2.18. The molecule has 14 heavy (non-hydrogen) atoms. The van der Waals surface area contributed by atoms with Crippen molar-refractivity contribution in [3.05, 3.63) is 35.4 Å². The van der Waals surface area contributed by atoms with Crippen molar-refractivity contribution in [1.29, 1.82) is 5.26 Å². The molecule has 4 heteroatoms. The number of ether oxygens (including phenoxy) is 1. The molecule has 1 amide bonds. The Morgan fingerprint density at radius 3 is 2.64 bits per heavy atom. The van der Waals surface area contributed by atoms with Crippen molar-refractivity contribution in [2.24, 2.45) is 0 Å². The fourth-order valence-corrected chi connectivity index (χ4v) is 1.35. The molecular weight excluding hydrogens is 180 g/mol. The summed E-state index contributed by atoms with van der Waals surface area (Å²) in [5, 5.41) is 11.2. The third kappa shape index (κ3) is 1.52. The maximum atomic E-state index is 10.8. The Morgan fingerprint density at radius 2 is 2.14 bits per heavy atom. The molecule has 0 bridgehead atoms. The number of cyclic esters (lactones) is 1. The Kier molecular flexibility index (Phi) is 2.07. The Hall–Kier alpha value is -2.02. The van der Waals surface area contributed by atoms with Gasteiger partial charge in [-0.1, -0.05) is 12.1 Å². The molecule has 0 aromatic heterocycles. The van der Waals surface area contributed by atoms with Gasteiger partial charge in [-0.25, -0.2) is 4.79 Å². The van der Waals surface area contributed by atoms with E-state index in [2.05, 4.69) is 5.32 Å². The molecule has 1 atom stereocenters. The second kappa shape index (κ2) is 3.38. The van der Waals surface area contributed by atoms with Gasteiger partial charge in [0.1, 0.15) is 6.10 Å². The van der Waals surface area contributed by atoms with Crippen LogP contribution in [0.5, 0.6) is 0 Å². The van der Waals surface area contributed by atoms with Gasteiger partial charge in [-0.3, -0.25) is 0 Å². The summed E-state index contributed by atoms with van der Waals surface area (Å²) in [6, 6.07) is 9.04. The normalized spacial score (nSPS) is 19.6. The van der Waals surface area contributed by atoms with Crippen LogP contribution in [-0.2, 0) is 4.74 Å². The van der Waals surface area contributed by atoms with E-state index >= 15 is 0 Å². The Bertz CT molecular complexity index is 392. The van der Waals surface area contributed by atoms with E-state index in [0.29, 0.717) is 12.1 Å². The van der Waals surface area contributed by atoms with Gasteiger partial charge in [0, 0.05) is 0 Å². The van der Waals surface area contributed by atoms with Crippen LogP contribution in [0.25, 0.3) is 0 Å². The van der Waals surface area contributed by atoms with E-state index in [0.717, 1.165) is 5.56 Å². The highest BCUT2D eigenvalue weighted by Crippen LogP contribution is 2.20. The number of alkyl carbamates (subject to hydrolysis) is 1. The van der Waals surface area contributed by atoms with Crippen molar-refractivity contribution >= 4 is 6.09 Å². The first-order chi connectivity index (χ1) is 6.79. The molecule has 1 saturated heterocycles. The second-order valence-electron chi connectivity index (χ2n) is 3.01. The van der Waals surface area contributed by atoms with E-state index in [1.54, 1.807) is 24.3 Å². The first kappa shape index (κ1) is 8.57. The molecule has 4 nitrogen and oxygen atoms in total. The maximum Gasteiger partial charge on any atom is 0.407 e. The molecule has 1 aliphatic heterocycles. The molecule has 1 aromatic carbocycles. The van der Waals surface area contributed by atoms with Gasteiger partial charge in [-0.15, -0.1) is 0 Å². The third-order valence-electron chi connectivity index (χ3n) is 2.09. The topological polar surface area (TPSA) is 62.1 Å². The zero-order chi connectivity index (χ0) is 9.97. The van der Waals surface area contributed by atoms with Gasteiger partial charge in [-0.2, -0.15) is 5.26 Å². The summed E-state index contributed by atoms with van der Waals surface area (Å²) in [7, 11) is 0. The molecular formula is C10H8N2O2. The van der Waals surface area contributed by atoms with Gasteiger partial charge in [0.2, 0.25) is 0 Å². The van der Waals surface area contributed by atoms with E-state index in [4.69, 9.17) is 10.00 Å². The largest absolute Gasteiger partial charge is 0.439 e. The summed E-state index contributed by atoms with van der Waals surface area (Å²) in [6.45, 7) is 0.491. The molecule has 70 valence electrons. The summed E-state index contributed by atoms with van der Waals surface area (Å²) < 4.78 is 4.99. The van der Waals surface area contributed by atoms with Gasteiger partial charge in [-0.05, 0) is 17.7 Å². The van der Waals surface area contributed by atoms with Crippen molar-refractivity contribution in [2.45, 2.75) is 6.10 Å². The smallest absolute Gasteiger partial charge is 0.407 e. The fourth-order valence-electron chi connectivity index (χ4n) is 1.35. The van der Waals surface area contributed by atoms with E-state index in [9.17, 15) is 4.79 Å². The predicted molar refractivity (Wildman–Crippen MR) is 48.4 cm³/mol. The number of hydrogen-bond acceptors (Lipinski definition) is 3. The number of nitrogens with zero attached hydrogens (tertiary/aromatic N) is 1. The van der Waals surface area contributed by atoms with Crippen LogP contribution >= 0.6 is 0 Å². The number of nitriles is 1. The average molecular weight is 188 g/mol. The van der Waals surface area contributed by atoms with Crippen LogP contribution in [0.4, 0.5) is 4.79 Å². The number of amides is 1. The van der Waals surface area contributed by atoms with Gasteiger partial charge in [0.05, 0.1) is 18.2 Å². The molecule has 0 radical (unpaired) electrons. The number of nitrogens with one attached hydrogen (secondary N) is 1. The minimum Gasteiger partial charge on any atom is -0.439 e. The standard InChI is InChI=1S/C10H8N2O2/c11-5-7-1-3-8(4-2-7)9-6-12-10(13)14-9/h1-4,9H,6H2,(H,12,13). The molecule has 1 unspecified atom stereocenters. The zero-order valence-electron chi connectivity index (χ0n) is 7.36. The number of rotatable bonds is 1. The van der Waals surface area contributed by atoms with Crippen molar-refractivity contribution in [2.75, 3.05) is 6.54 Å². The lowest BCUT2D eigenvalue weighted by molar-refractivity contribution is 0.141. The summed E-state index contributed by atoms with van der Waals surface area (Å²) in [5.74, 6) is 0. The lowest BCUT2D eigenvalue weighted by Crippen LogP contribution is -2.12. The molecule has 1 fully saturated rings. The maximum absolute atomic E-state index is 10.8. The highest BCUT2D eigenvalue weighted by molar-refractivity contribution is 5.69. The predicted octanol–water partition coefficient (Wildman–Crippen LogP) is 1.34. The van der Waals surface area contributed by atoms with Crippen LogP contribution in [0.3, 0.4) is 0 Å². The summed E-state index contributed by atoms with van der Waals surface area (Å²) in [5.41, 5.74) is 1.51. The summed E-state index contributed by atoms with van der Waals surface area (Å²) >= 11 is 0. The van der Waals surface area contributed by atoms with Crippen LogP contribution in [-0.4, -0.2) is 12.6 Å². The summed E-state index contributed by atoms with van der Waals surface area (Å²) in [6.07, 6.45) is -0.616. The quantitative estimate of drug-likeness (QED) is 0.723. The van der Waals surface area contributed by atoms with Crippen LogP contribution in [0, 0.1) is 11.3 Å². The molecule has 1 heterocycles. The van der Waals surface area contributed by atoms with Crippen LogP contribution < -0.4 is 5.32 Å².